The van der Waals surface area contributed by atoms with Gasteiger partial charge in [-0.1, -0.05) is 6.07 Å². The summed E-state index contributed by atoms with van der Waals surface area (Å²) < 4.78 is 26.6. The number of hydrogen-bond donors (Lipinski definition) is 1. The molecule has 1 aromatic rings. The van der Waals surface area contributed by atoms with E-state index in [1.165, 1.54) is 23.1 Å². The number of sulfonamides is 1. The molecule has 1 N–H and O–H groups in total. The Bertz CT molecular complexity index is 648. The minimum absolute atomic E-state index is 0.0516. The van der Waals surface area contributed by atoms with E-state index in [4.69, 9.17) is 5.26 Å². The van der Waals surface area contributed by atoms with Gasteiger partial charge in [0.1, 0.15) is 0 Å². The van der Waals surface area contributed by atoms with Crippen molar-refractivity contribution < 1.29 is 13.2 Å². The standard InChI is InChI=1S/C14H19N3O3S/c1-11(2)16-21(19,20)13-7-4-6-12(10-13)14(18)17(3)9-5-8-15/h4,6-7,10-11,16H,5,9H2,1-3H3. The predicted molar refractivity (Wildman–Crippen MR) is 79.1 cm³/mol. The molecule has 0 aliphatic heterocycles. The fourth-order valence-corrected chi connectivity index (χ4v) is 3.01. The molecule has 0 radical (unpaired) electrons. The molecule has 0 bridgehead atoms. The summed E-state index contributed by atoms with van der Waals surface area (Å²) in [5.74, 6) is -0.313. The molecule has 0 spiro atoms. The molecule has 0 unspecified atom stereocenters. The van der Waals surface area contributed by atoms with Crippen molar-refractivity contribution in [2.45, 2.75) is 31.2 Å². The molecule has 0 fully saturated rings. The van der Waals surface area contributed by atoms with Gasteiger partial charge in [0.2, 0.25) is 10.0 Å². The zero-order valence-electron chi connectivity index (χ0n) is 12.3. The van der Waals surface area contributed by atoms with Crippen LogP contribution in [0.3, 0.4) is 0 Å². The van der Waals surface area contributed by atoms with Crippen molar-refractivity contribution in [3.05, 3.63) is 29.8 Å². The van der Waals surface area contributed by atoms with Gasteiger partial charge in [-0.05, 0) is 32.0 Å². The van der Waals surface area contributed by atoms with Gasteiger partial charge < -0.3 is 4.90 Å². The molecule has 1 amide bonds. The lowest BCUT2D eigenvalue weighted by atomic mass is 10.2. The largest absolute Gasteiger partial charge is 0.341 e. The van der Waals surface area contributed by atoms with Gasteiger partial charge in [0.05, 0.1) is 17.4 Å². The lowest BCUT2D eigenvalue weighted by Crippen LogP contribution is -2.31. The molecule has 21 heavy (non-hydrogen) atoms. The van der Waals surface area contributed by atoms with Crippen LogP contribution in [-0.2, 0) is 10.0 Å². The van der Waals surface area contributed by atoms with E-state index in [0.717, 1.165) is 0 Å². The van der Waals surface area contributed by atoms with Crippen molar-refractivity contribution >= 4 is 15.9 Å². The molecule has 0 aliphatic carbocycles. The van der Waals surface area contributed by atoms with Crippen LogP contribution < -0.4 is 4.72 Å². The number of carbonyl (C=O) groups is 1. The number of nitrogens with one attached hydrogen (secondary N) is 1. The van der Waals surface area contributed by atoms with Gasteiger partial charge in [0, 0.05) is 25.2 Å². The number of nitriles is 1. The highest BCUT2D eigenvalue weighted by molar-refractivity contribution is 7.89. The monoisotopic (exact) mass is 309 g/mol. The summed E-state index contributed by atoms with van der Waals surface area (Å²) in [7, 11) is -2.05. The number of nitrogens with zero attached hydrogens (tertiary/aromatic N) is 2. The molecule has 114 valence electrons. The zero-order valence-corrected chi connectivity index (χ0v) is 13.1. The summed E-state index contributed by atoms with van der Waals surface area (Å²) in [6.45, 7) is 3.75. The topological polar surface area (TPSA) is 90.3 Å². The first kappa shape index (κ1) is 17.1. The fraction of sp³-hybridized carbons (Fsp3) is 0.429. The minimum Gasteiger partial charge on any atom is -0.341 e. The minimum atomic E-state index is -3.63. The number of carbonyl (C=O) groups excluding carboxylic acids is 1. The molecule has 7 heteroatoms. The van der Waals surface area contributed by atoms with Crippen molar-refractivity contribution in [3.8, 4) is 6.07 Å². The Balaban J connectivity index is 3.01. The second kappa shape index (κ2) is 7.20. The van der Waals surface area contributed by atoms with E-state index < -0.39 is 10.0 Å². The molecular formula is C14H19N3O3S. The molecular weight excluding hydrogens is 290 g/mol. The lowest BCUT2D eigenvalue weighted by Gasteiger charge is -2.16. The van der Waals surface area contributed by atoms with Crippen LogP contribution in [-0.4, -0.2) is 38.9 Å². The van der Waals surface area contributed by atoms with E-state index in [9.17, 15) is 13.2 Å². The van der Waals surface area contributed by atoms with E-state index in [0.29, 0.717) is 6.54 Å². The Hall–Kier alpha value is -1.91. The zero-order chi connectivity index (χ0) is 16.0. The van der Waals surface area contributed by atoms with Crippen LogP contribution in [0.15, 0.2) is 29.2 Å². The van der Waals surface area contributed by atoms with Crippen molar-refractivity contribution in [1.82, 2.24) is 9.62 Å². The Labute approximate surface area is 125 Å². The predicted octanol–water partition coefficient (Wildman–Crippen LogP) is 1.36. The first-order valence-electron chi connectivity index (χ1n) is 6.52. The summed E-state index contributed by atoms with van der Waals surface area (Å²) in [4.78, 5) is 13.6. The quantitative estimate of drug-likeness (QED) is 0.859. The Morgan fingerprint density at radius 3 is 2.67 bits per heavy atom. The van der Waals surface area contributed by atoms with Gasteiger partial charge in [0.25, 0.3) is 5.91 Å². The molecule has 6 nitrogen and oxygen atoms in total. The van der Waals surface area contributed by atoms with Crippen molar-refractivity contribution in [3.63, 3.8) is 0 Å². The highest BCUT2D eigenvalue weighted by Crippen LogP contribution is 2.13. The second-order valence-electron chi connectivity index (χ2n) is 4.94. The molecule has 0 aliphatic rings. The van der Waals surface area contributed by atoms with Crippen LogP contribution in [0, 0.1) is 11.3 Å². The molecule has 1 aromatic carbocycles. The number of amides is 1. The number of rotatable bonds is 6. The summed E-state index contributed by atoms with van der Waals surface area (Å²) in [5, 5.41) is 8.53. The van der Waals surface area contributed by atoms with Crippen LogP contribution in [0.2, 0.25) is 0 Å². The summed E-state index contributed by atoms with van der Waals surface area (Å²) in [5.41, 5.74) is 0.280. The van der Waals surface area contributed by atoms with Crippen LogP contribution in [0.1, 0.15) is 30.6 Å². The Morgan fingerprint density at radius 1 is 1.43 bits per heavy atom. The average molecular weight is 309 g/mol. The van der Waals surface area contributed by atoms with Crippen molar-refractivity contribution in [2.75, 3.05) is 13.6 Å². The summed E-state index contributed by atoms with van der Waals surface area (Å²) in [6.07, 6.45) is 0.231. The van der Waals surface area contributed by atoms with E-state index in [1.807, 2.05) is 6.07 Å². The van der Waals surface area contributed by atoms with Crippen LogP contribution in [0.5, 0.6) is 0 Å². The molecule has 0 heterocycles. The van der Waals surface area contributed by atoms with E-state index >= 15 is 0 Å². The maximum Gasteiger partial charge on any atom is 0.253 e. The van der Waals surface area contributed by atoms with Crippen molar-refractivity contribution in [2.24, 2.45) is 0 Å². The van der Waals surface area contributed by atoms with Gasteiger partial charge in [-0.15, -0.1) is 0 Å². The number of hydrogen-bond acceptors (Lipinski definition) is 4. The van der Waals surface area contributed by atoms with Gasteiger partial charge in [0.15, 0.2) is 0 Å². The number of benzene rings is 1. The van der Waals surface area contributed by atoms with Crippen LogP contribution >= 0.6 is 0 Å². The third-order valence-corrected chi connectivity index (χ3v) is 4.34. The fourth-order valence-electron chi connectivity index (χ4n) is 1.71. The van der Waals surface area contributed by atoms with E-state index in [1.54, 1.807) is 27.0 Å². The first-order chi connectivity index (χ1) is 9.77. The smallest absolute Gasteiger partial charge is 0.253 e. The van der Waals surface area contributed by atoms with Crippen LogP contribution in [0.4, 0.5) is 0 Å². The SMILES string of the molecule is CC(C)NS(=O)(=O)c1cccc(C(=O)N(C)CCC#N)c1. The van der Waals surface area contributed by atoms with Gasteiger partial charge in [-0.3, -0.25) is 4.79 Å². The molecule has 0 saturated carbocycles. The second-order valence-corrected chi connectivity index (χ2v) is 6.65. The van der Waals surface area contributed by atoms with E-state index in [2.05, 4.69) is 4.72 Å². The Kier molecular flexibility index (Phi) is 5.88. The summed E-state index contributed by atoms with van der Waals surface area (Å²) >= 11 is 0. The normalized spacial score (nSPS) is 11.2. The van der Waals surface area contributed by atoms with Gasteiger partial charge in [-0.25, -0.2) is 13.1 Å². The van der Waals surface area contributed by atoms with Crippen molar-refractivity contribution in [1.29, 1.82) is 5.26 Å². The van der Waals surface area contributed by atoms with Crippen LogP contribution in [0.25, 0.3) is 0 Å². The average Bonchev–Trinajstić information content (AvgIpc) is 2.42. The highest BCUT2D eigenvalue weighted by atomic mass is 32.2. The maximum atomic E-state index is 12.2. The molecule has 1 rings (SSSR count). The van der Waals surface area contributed by atoms with Gasteiger partial charge in [-0.2, -0.15) is 5.26 Å². The molecule has 0 atom stereocenters. The third kappa shape index (κ3) is 4.85. The van der Waals surface area contributed by atoms with E-state index in [-0.39, 0.29) is 28.8 Å². The molecule has 0 aromatic heterocycles. The first-order valence-corrected chi connectivity index (χ1v) is 8.01. The lowest BCUT2D eigenvalue weighted by molar-refractivity contribution is 0.0798. The third-order valence-electron chi connectivity index (χ3n) is 2.69. The maximum absolute atomic E-state index is 12.2. The Morgan fingerprint density at radius 2 is 2.10 bits per heavy atom. The molecule has 0 saturated heterocycles. The highest BCUT2D eigenvalue weighted by Gasteiger charge is 2.18. The van der Waals surface area contributed by atoms with Gasteiger partial charge >= 0.3 is 0 Å². The summed E-state index contributed by atoms with van der Waals surface area (Å²) in [6, 6.07) is 7.60.